The van der Waals surface area contributed by atoms with E-state index in [1.807, 2.05) is 24.3 Å². The van der Waals surface area contributed by atoms with Gasteiger partial charge in [0, 0.05) is 33.2 Å². The summed E-state index contributed by atoms with van der Waals surface area (Å²) in [6, 6.07) is 30.4. The van der Waals surface area contributed by atoms with Crippen molar-refractivity contribution in [3.8, 4) is 33.4 Å². The van der Waals surface area contributed by atoms with Crippen LogP contribution in [0.3, 0.4) is 0 Å². The number of nitrogens with zero attached hydrogens (tertiary/aromatic N) is 2. The number of carbonyl (C=O) groups excluding carboxylic acids is 1. The predicted octanol–water partition coefficient (Wildman–Crippen LogP) is 13.0. The molecule has 2 N–H and O–H groups in total. The summed E-state index contributed by atoms with van der Waals surface area (Å²) < 4.78 is 0. The smallest absolute Gasteiger partial charge is 0.154 e. The van der Waals surface area contributed by atoms with E-state index in [-0.39, 0.29) is 10.8 Å². The number of aldehydes is 1. The SMILES string of the molecule is Cc1cc(C)c(-c2c3nc(c(-c4ccc(C(C)(C)C)cc4)c4ccc([nH]4)c(C=O)c4nc(c(-c5ccc(C(C)(C)C)cc5)c5ccc2[nH]5)C=C4)C=C3)c(C)c1. The van der Waals surface area contributed by atoms with E-state index in [2.05, 4.69) is 157 Å². The van der Waals surface area contributed by atoms with Gasteiger partial charge in [0.15, 0.2) is 6.29 Å². The van der Waals surface area contributed by atoms with Crippen molar-refractivity contribution in [2.75, 3.05) is 0 Å². The number of benzene rings is 3. The van der Waals surface area contributed by atoms with Gasteiger partial charge in [-0.3, -0.25) is 4.79 Å². The summed E-state index contributed by atoms with van der Waals surface area (Å²) >= 11 is 0. The van der Waals surface area contributed by atoms with Crippen LogP contribution < -0.4 is 0 Å². The molecule has 0 unspecified atom stereocenters. The standard InChI is InChI=1S/C50H48N4O/c1-29-26-30(2)45(31(3)27-29)48-43-24-22-41(53-43)46(32-10-14-34(15-11-32)49(4,5)6)39-20-18-37(51-39)36(28-55)38-19-21-40(52-38)47(42-23-25-44(48)54-42)33-12-16-35(17-13-33)50(7,8)9/h10-28,51,54H,1-9H3. The van der Waals surface area contributed by atoms with Gasteiger partial charge in [0.2, 0.25) is 0 Å². The van der Waals surface area contributed by atoms with Crippen molar-refractivity contribution in [1.82, 2.24) is 19.9 Å². The number of carbonyl (C=O) groups is 1. The maximum absolute atomic E-state index is 12.9. The normalized spacial score (nSPS) is 12.7. The summed E-state index contributed by atoms with van der Waals surface area (Å²) in [5, 5.41) is 0. The second kappa shape index (κ2) is 13.3. The lowest BCUT2D eigenvalue weighted by Gasteiger charge is -2.19. The molecule has 2 aliphatic rings. The molecule has 3 aromatic heterocycles. The monoisotopic (exact) mass is 720 g/mol. The summed E-state index contributed by atoms with van der Waals surface area (Å²) in [6.07, 6.45) is 9.12. The minimum atomic E-state index is 0.0178. The number of aromatic nitrogens is 4. The molecule has 0 aliphatic carbocycles. The van der Waals surface area contributed by atoms with Crippen molar-refractivity contribution >= 4 is 52.7 Å². The fraction of sp³-hybridized carbons (Fsp3) is 0.220. The predicted molar refractivity (Wildman–Crippen MR) is 232 cm³/mol. The first-order valence-corrected chi connectivity index (χ1v) is 19.1. The average molecular weight is 721 g/mol. The molecule has 0 radical (unpaired) electrons. The van der Waals surface area contributed by atoms with Gasteiger partial charge in [-0.15, -0.1) is 0 Å². The van der Waals surface area contributed by atoms with E-state index in [9.17, 15) is 4.79 Å². The fourth-order valence-corrected chi connectivity index (χ4v) is 8.07. The topological polar surface area (TPSA) is 74.4 Å². The molecule has 0 atom stereocenters. The second-order valence-electron chi connectivity index (χ2n) is 17.1. The van der Waals surface area contributed by atoms with Gasteiger partial charge in [0.05, 0.1) is 33.9 Å². The Bertz CT molecular complexity index is 2660. The van der Waals surface area contributed by atoms with Crippen LogP contribution in [0, 0.1) is 20.8 Å². The van der Waals surface area contributed by atoms with Crippen LogP contribution in [0.5, 0.6) is 0 Å². The first-order chi connectivity index (χ1) is 26.2. The first kappa shape index (κ1) is 35.9. The third-order valence-corrected chi connectivity index (χ3v) is 10.9. The van der Waals surface area contributed by atoms with Crippen LogP contribution >= 0.6 is 0 Å². The summed E-state index contributed by atoms with van der Waals surface area (Å²) in [7, 11) is 0. The maximum atomic E-state index is 12.9. The number of aromatic amines is 2. The Kier molecular flexibility index (Phi) is 8.72. The Labute approximate surface area is 324 Å². The quantitative estimate of drug-likeness (QED) is 0.178. The molecular formula is C50H48N4O. The highest BCUT2D eigenvalue weighted by molar-refractivity contribution is 6.00. The van der Waals surface area contributed by atoms with Crippen molar-refractivity contribution in [1.29, 1.82) is 0 Å². The molecule has 5 nitrogen and oxygen atoms in total. The molecular weight excluding hydrogens is 673 g/mol. The summed E-state index contributed by atoms with van der Waals surface area (Å²) in [5.74, 6) is 0. The molecule has 0 amide bonds. The molecule has 3 aromatic carbocycles. The van der Waals surface area contributed by atoms with E-state index in [1.54, 1.807) is 0 Å². The van der Waals surface area contributed by atoms with E-state index in [0.29, 0.717) is 16.8 Å². The molecule has 55 heavy (non-hydrogen) atoms. The van der Waals surface area contributed by atoms with E-state index in [0.717, 1.165) is 73.3 Å². The van der Waals surface area contributed by atoms with Crippen molar-refractivity contribution in [2.45, 2.75) is 73.1 Å². The molecule has 274 valence electrons. The Morgan fingerprint density at radius 2 is 0.855 bits per heavy atom. The fourth-order valence-electron chi connectivity index (χ4n) is 8.07. The number of hydrogen-bond donors (Lipinski definition) is 2. The van der Waals surface area contributed by atoms with E-state index in [4.69, 9.17) is 9.97 Å². The third-order valence-electron chi connectivity index (χ3n) is 10.9. The summed E-state index contributed by atoms with van der Waals surface area (Å²) in [6.45, 7) is 19.9. The average Bonchev–Trinajstić information content (AvgIpc) is 3.96. The number of hydrogen-bond acceptors (Lipinski definition) is 3. The zero-order valence-corrected chi connectivity index (χ0v) is 33.3. The number of rotatable bonds is 4. The number of H-pyrrole nitrogens is 2. The number of nitrogens with one attached hydrogen (secondary N) is 2. The van der Waals surface area contributed by atoms with Gasteiger partial charge in [-0.2, -0.15) is 0 Å². The van der Waals surface area contributed by atoms with Gasteiger partial charge in [-0.05, 0) is 119 Å². The van der Waals surface area contributed by atoms with Gasteiger partial charge in [-0.1, -0.05) is 108 Å². The van der Waals surface area contributed by atoms with Crippen molar-refractivity contribution in [3.63, 3.8) is 0 Å². The lowest BCUT2D eigenvalue weighted by atomic mass is 9.86. The summed E-state index contributed by atoms with van der Waals surface area (Å²) in [5.41, 5.74) is 19.5. The highest BCUT2D eigenvalue weighted by atomic mass is 16.1. The number of aryl methyl sites for hydroxylation is 3. The molecule has 0 saturated carbocycles. The van der Waals surface area contributed by atoms with Crippen molar-refractivity contribution < 1.29 is 4.79 Å². The molecule has 8 bridgehead atoms. The van der Waals surface area contributed by atoms with Crippen LogP contribution in [0.4, 0.5) is 0 Å². The Hall–Kier alpha value is -6.07. The lowest BCUT2D eigenvalue weighted by Crippen LogP contribution is -2.10. The molecule has 8 rings (SSSR count). The van der Waals surface area contributed by atoms with Gasteiger partial charge >= 0.3 is 0 Å². The van der Waals surface area contributed by atoms with E-state index >= 15 is 0 Å². The van der Waals surface area contributed by atoms with Crippen molar-refractivity contribution in [2.24, 2.45) is 0 Å². The Morgan fingerprint density at radius 3 is 1.31 bits per heavy atom. The third kappa shape index (κ3) is 6.58. The first-order valence-electron chi connectivity index (χ1n) is 19.1. The van der Waals surface area contributed by atoms with Gasteiger partial charge in [0.25, 0.3) is 0 Å². The second-order valence-corrected chi connectivity index (χ2v) is 17.1. The van der Waals surface area contributed by atoms with E-state index < -0.39 is 0 Å². The maximum Gasteiger partial charge on any atom is 0.154 e. The van der Waals surface area contributed by atoms with Gasteiger partial charge < -0.3 is 9.97 Å². The Balaban J connectivity index is 1.53. The van der Waals surface area contributed by atoms with Crippen molar-refractivity contribution in [3.05, 3.63) is 141 Å². The lowest BCUT2D eigenvalue weighted by molar-refractivity contribution is 0.112. The minimum absolute atomic E-state index is 0.0178. The molecule has 2 aliphatic heterocycles. The molecule has 6 aromatic rings. The highest BCUT2D eigenvalue weighted by Gasteiger charge is 2.21. The molecule has 0 fully saturated rings. The van der Waals surface area contributed by atoms with Gasteiger partial charge in [-0.25, -0.2) is 9.97 Å². The highest BCUT2D eigenvalue weighted by Crippen LogP contribution is 2.39. The minimum Gasteiger partial charge on any atom is -0.354 e. The largest absolute Gasteiger partial charge is 0.354 e. The molecule has 5 heterocycles. The molecule has 0 saturated heterocycles. The summed E-state index contributed by atoms with van der Waals surface area (Å²) in [4.78, 5) is 31.0. The van der Waals surface area contributed by atoms with Crippen LogP contribution in [0.2, 0.25) is 0 Å². The van der Waals surface area contributed by atoms with Crippen LogP contribution in [0.25, 0.3) is 79.8 Å². The molecule has 5 heteroatoms. The van der Waals surface area contributed by atoms with Crippen LogP contribution in [-0.2, 0) is 10.8 Å². The van der Waals surface area contributed by atoms with Gasteiger partial charge in [0.1, 0.15) is 0 Å². The van der Waals surface area contributed by atoms with Crippen LogP contribution in [0.1, 0.15) is 102 Å². The van der Waals surface area contributed by atoms with Crippen LogP contribution in [0.15, 0.2) is 84.9 Å². The molecule has 0 spiro atoms. The van der Waals surface area contributed by atoms with E-state index in [1.165, 1.54) is 27.8 Å². The number of fused-ring (bicyclic) bond motifs is 8. The van der Waals surface area contributed by atoms with Crippen LogP contribution in [-0.4, -0.2) is 26.2 Å². The zero-order valence-electron chi connectivity index (χ0n) is 33.3. The Morgan fingerprint density at radius 1 is 0.473 bits per heavy atom. The zero-order chi connectivity index (χ0) is 38.8.